The maximum atomic E-state index is 6.04. The molecule has 6 heteroatoms. The van der Waals surface area contributed by atoms with Crippen LogP contribution in [0.1, 0.15) is 58.3 Å². The van der Waals surface area contributed by atoms with Gasteiger partial charge in [0.25, 0.3) is 0 Å². The zero-order valence-electron chi connectivity index (χ0n) is 15.5. The molecule has 0 unspecified atom stereocenters. The van der Waals surface area contributed by atoms with E-state index in [-0.39, 0.29) is 24.0 Å². The Bertz CT molecular complexity index is 339. The second kappa shape index (κ2) is 13.2. The lowest BCUT2D eigenvalue weighted by Gasteiger charge is -2.34. The molecule has 2 fully saturated rings. The molecule has 1 saturated carbocycles. The molecule has 1 heterocycles. The molecule has 142 valence electrons. The number of hydrogen-bond donors (Lipinski definition) is 1. The first-order valence-electron chi connectivity index (χ1n) is 9.52. The second-order valence-electron chi connectivity index (χ2n) is 6.60. The Hall–Kier alpha value is -0.0800. The maximum absolute atomic E-state index is 6.04. The molecule has 0 spiro atoms. The molecule has 5 nitrogen and oxygen atoms in total. The Morgan fingerprint density at radius 2 is 1.62 bits per heavy atom. The summed E-state index contributed by atoms with van der Waals surface area (Å²) in [5.41, 5.74) is 0. The summed E-state index contributed by atoms with van der Waals surface area (Å²) in [7, 11) is 1.86. The molecule has 0 aromatic carbocycles. The van der Waals surface area contributed by atoms with Crippen molar-refractivity contribution in [1.29, 1.82) is 0 Å². The summed E-state index contributed by atoms with van der Waals surface area (Å²) in [6.07, 6.45) is 11.0. The van der Waals surface area contributed by atoms with E-state index >= 15 is 0 Å². The molecular formula is C18H36IN3O2. The first kappa shape index (κ1) is 22.0. The maximum Gasteiger partial charge on any atom is 0.193 e. The molecule has 1 aliphatic carbocycles. The van der Waals surface area contributed by atoms with Crippen LogP contribution < -0.4 is 5.32 Å². The molecule has 0 atom stereocenters. The lowest BCUT2D eigenvalue weighted by atomic mass is 10.1. The molecule has 1 N–H and O–H groups in total. The molecule has 0 radical (unpaired) electrons. The molecule has 0 bridgehead atoms. The van der Waals surface area contributed by atoms with Crippen molar-refractivity contribution in [3.05, 3.63) is 0 Å². The van der Waals surface area contributed by atoms with E-state index in [1.54, 1.807) is 0 Å². The molecule has 2 rings (SSSR count). The van der Waals surface area contributed by atoms with Crippen LogP contribution in [0.15, 0.2) is 4.99 Å². The van der Waals surface area contributed by atoms with Gasteiger partial charge in [0.1, 0.15) is 0 Å². The molecular weight excluding hydrogens is 417 g/mol. The summed E-state index contributed by atoms with van der Waals surface area (Å²) >= 11 is 0. The van der Waals surface area contributed by atoms with Gasteiger partial charge in [-0.15, -0.1) is 24.0 Å². The van der Waals surface area contributed by atoms with Gasteiger partial charge in [0.2, 0.25) is 0 Å². The average Bonchev–Trinajstić information content (AvgIpc) is 2.85. The van der Waals surface area contributed by atoms with Crippen LogP contribution in [0.4, 0.5) is 0 Å². The van der Waals surface area contributed by atoms with Gasteiger partial charge in [0.15, 0.2) is 5.96 Å². The van der Waals surface area contributed by atoms with Gasteiger partial charge in [0, 0.05) is 33.3 Å². The number of likely N-dealkylation sites (tertiary alicyclic amines) is 1. The van der Waals surface area contributed by atoms with E-state index in [0.29, 0.717) is 12.2 Å². The van der Waals surface area contributed by atoms with Gasteiger partial charge in [-0.05, 0) is 32.6 Å². The summed E-state index contributed by atoms with van der Waals surface area (Å²) in [5, 5.41) is 3.45. The summed E-state index contributed by atoms with van der Waals surface area (Å²) < 4.78 is 11.8. The zero-order chi connectivity index (χ0) is 16.3. The van der Waals surface area contributed by atoms with Crippen LogP contribution in [0, 0.1) is 0 Å². The monoisotopic (exact) mass is 453 g/mol. The fourth-order valence-corrected chi connectivity index (χ4v) is 3.60. The van der Waals surface area contributed by atoms with Gasteiger partial charge >= 0.3 is 0 Å². The highest BCUT2D eigenvalue weighted by molar-refractivity contribution is 14.0. The number of piperidine rings is 1. The smallest absolute Gasteiger partial charge is 0.193 e. The van der Waals surface area contributed by atoms with Crippen molar-refractivity contribution in [2.75, 3.05) is 39.9 Å². The molecule has 1 aliphatic heterocycles. The van der Waals surface area contributed by atoms with Gasteiger partial charge in [0.05, 0.1) is 18.8 Å². The van der Waals surface area contributed by atoms with Crippen LogP contribution in [-0.4, -0.2) is 63.0 Å². The predicted molar refractivity (Wildman–Crippen MR) is 110 cm³/mol. The molecule has 0 aromatic heterocycles. The van der Waals surface area contributed by atoms with Crippen molar-refractivity contribution in [3.8, 4) is 0 Å². The standard InChI is InChI=1S/C18H35N3O2.HI/c1-3-22-17-10-13-21(14-11-17)18(19-2)20-12-15-23-16-8-6-4-5-7-9-16;/h16-17H,3-15H2,1-2H3,(H,19,20);1H. The predicted octanol–water partition coefficient (Wildman–Crippen LogP) is 3.42. The minimum atomic E-state index is 0. The van der Waals surface area contributed by atoms with Crippen molar-refractivity contribution in [3.63, 3.8) is 0 Å². The summed E-state index contributed by atoms with van der Waals surface area (Å²) in [6.45, 7) is 6.55. The van der Waals surface area contributed by atoms with Crippen molar-refractivity contribution in [2.24, 2.45) is 4.99 Å². The quantitative estimate of drug-likeness (QED) is 0.220. The third-order valence-electron chi connectivity index (χ3n) is 4.90. The Morgan fingerprint density at radius 3 is 2.21 bits per heavy atom. The van der Waals surface area contributed by atoms with Crippen LogP contribution in [-0.2, 0) is 9.47 Å². The number of nitrogens with one attached hydrogen (secondary N) is 1. The normalized spacial score (nSPS) is 21.2. The lowest BCUT2D eigenvalue weighted by molar-refractivity contribution is 0.0258. The summed E-state index contributed by atoms with van der Waals surface area (Å²) in [4.78, 5) is 6.75. The van der Waals surface area contributed by atoms with E-state index in [4.69, 9.17) is 9.47 Å². The van der Waals surface area contributed by atoms with Gasteiger partial charge in [-0.25, -0.2) is 0 Å². The number of rotatable bonds is 6. The van der Waals surface area contributed by atoms with E-state index in [1.807, 2.05) is 7.05 Å². The third-order valence-corrected chi connectivity index (χ3v) is 4.90. The van der Waals surface area contributed by atoms with E-state index in [0.717, 1.165) is 51.6 Å². The molecule has 24 heavy (non-hydrogen) atoms. The molecule has 0 aromatic rings. The van der Waals surface area contributed by atoms with Crippen LogP contribution in [0.3, 0.4) is 0 Å². The van der Waals surface area contributed by atoms with Crippen LogP contribution in [0.25, 0.3) is 0 Å². The average molecular weight is 453 g/mol. The number of nitrogens with zero attached hydrogens (tertiary/aromatic N) is 2. The number of halogens is 1. The van der Waals surface area contributed by atoms with E-state index < -0.39 is 0 Å². The highest BCUT2D eigenvalue weighted by Gasteiger charge is 2.21. The topological polar surface area (TPSA) is 46.1 Å². The lowest BCUT2D eigenvalue weighted by Crippen LogP contribution is -2.47. The van der Waals surface area contributed by atoms with Gasteiger partial charge < -0.3 is 19.7 Å². The van der Waals surface area contributed by atoms with Crippen molar-refractivity contribution in [2.45, 2.75) is 70.5 Å². The minimum Gasteiger partial charge on any atom is -0.378 e. The first-order chi connectivity index (χ1) is 11.3. The van der Waals surface area contributed by atoms with Crippen LogP contribution in [0.5, 0.6) is 0 Å². The van der Waals surface area contributed by atoms with Gasteiger partial charge in [-0.3, -0.25) is 4.99 Å². The van der Waals surface area contributed by atoms with E-state index in [2.05, 4.69) is 22.1 Å². The fourth-order valence-electron chi connectivity index (χ4n) is 3.60. The SMILES string of the molecule is CCOC1CCN(C(=NC)NCCOC2CCCCCC2)CC1.I. The second-order valence-corrected chi connectivity index (χ2v) is 6.60. The van der Waals surface area contributed by atoms with Gasteiger partial charge in [-0.2, -0.15) is 0 Å². The molecule has 2 aliphatic rings. The van der Waals surface area contributed by atoms with Crippen molar-refractivity contribution in [1.82, 2.24) is 10.2 Å². The number of hydrogen-bond acceptors (Lipinski definition) is 3. The van der Waals surface area contributed by atoms with Crippen molar-refractivity contribution < 1.29 is 9.47 Å². The van der Waals surface area contributed by atoms with Crippen LogP contribution in [0.2, 0.25) is 0 Å². The molecule has 0 amide bonds. The van der Waals surface area contributed by atoms with Crippen molar-refractivity contribution >= 4 is 29.9 Å². The third kappa shape index (κ3) is 7.87. The zero-order valence-corrected chi connectivity index (χ0v) is 17.8. The number of guanidine groups is 1. The fraction of sp³-hybridized carbons (Fsp3) is 0.944. The Balaban J connectivity index is 0.00000288. The highest BCUT2D eigenvalue weighted by atomic mass is 127. The van der Waals surface area contributed by atoms with E-state index in [9.17, 15) is 0 Å². The number of ether oxygens (including phenoxy) is 2. The Kier molecular flexibility index (Phi) is 12.0. The first-order valence-corrected chi connectivity index (χ1v) is 9.52. The van der Waals surface area contributed by atoms with E-state index in [1.165, 1.54) is 38.5 Å². The Labute approximate surface area is 165 Å². The number of aliphatic imine (C=N–C) groups is 1. The highest BCUT2D eigenvalue weighted by Crippen LogP contribution is 2.19. The Morgan fingerprint density at radius 1 is 1.00 bits per heavy atom. The molecule has 1 saturated heterocycles. The summed E-state index contributed by atoms with van der Waals surface area (Å²) in [5.74, 6) is 1.00. The van der Waals surface area contributed by atoms with Crippen LogP contribution >= 0.6 is 24.0 Å². The van der Waals surface area contributed by atoms with Gasteiger partial charge in [-0.1, -0.05) is 25.7 Å². The summed E-state index contributed by atoms with van der Waals surface area (Å²) in [6, 6.07) is 0. The minimum absolute atomic E-state index is 0. The largest absolute Gasteiger partial charge is 0.378 e.